The van der Waals surface area contributed by atoms with Gasteiger partial charge in [0.05, 0.1) is 12.2 Å². The molecule has 0 amide bonds. The molecule has 3 nitrogen and oxygen atoms in total. The predicted octanol–water partition coefficient (Wildman–Crippen LogP) is 2.36. The maximum atomic E-state index is 10.3. The number of aliphatic hydroxyl groups excluding tert-OH is 2. The zero-order valence-corrected chi connectivity index (χ0v) is 12.8. The van der Waals surface area contributed by atoms with E-state index in [2.05, 4.69) is 48.6 Å². The highest BCUT2D eigenvalue weighted by atomic mass is 16.3. The van der Waals surface area contributed by atoms with Gasteiger partial charge in [-0.1, -0.05) is 60.2 Å². The van der Waals surface area contributed by atoms with E-state index in [-0.39, 0.29) is 12.0 Å². The third kappa shape index (κ3) is 3.22. The minimum atomic E-state index is -0.727. The second-order valence-electron chi connectivity index (χ2n) is 6.20. The minimum absolute atomic E-state index is 0.127. The van der Waals surface area contributed by atoms with Gasteiger partial charge in [-0.2, -0.15) is 0 Å². The highest BCUT2D eigenvalue weighted by Crippen LogP contribution is 2.35. The average Bonchev–Trinajstić information content (AvgIpc) is 2.82. The van der Waals surface area contributed by atoms with E-state index in [1.54, 1.807) is 0 Å². The Balaban J connectivity index is 1.75. The van der Waals surface area contributed by atoms with Crippen molar-refractivity contribution in [2.75, 3.05) is 0 Å². The van der Waals surface area contributed by atoms with Crippen molar-refractivity contribution in [3.63, 3.8) is 0 Å². The first kappa shape index (κ1) is 15.2. The van der Waals surface area contributed by atoms with E-state index in [0.717, 1.165) is 0 Å². The molecule has 0 aliphatic heterocycles. The van der Waals surface area contributed by atoms with Crippen LogP contribution in [0.4, 0.5) is 0 Å². The van der Waals surface area contributed by atoms with Gasteiger partial charge in [0.25, 0.3) is 0 Å². The van der Waals surface area contributed by atoms with Gasteiger partial charge in [0.15, 0.2) is 0 Å². The number of hydrogen-bond acceptors (Lipinski definition) is 3. The molecule has 22 heavy (non-hydrogen) atoms. The molecule has 0 radical (unpaired) electrons. The van der Waals surface area contributed by atoms with Crippen LogP contribution in [0.3, 0.4) is 0 Å². The zero-order valence-electron chi connectivity index (χ0n) is 12.8. The summed E-state index contributed by atoms with van der Waals surface area (Å²) in [7, 11) is 0. The number of benzene rings is 2. The fourth-order valence-electron chi connectivity index (χ4n) is 3.28. The molecule has 3 N–H and O–H groups in total. The first-order valence-electron chi connectivity index (χ1n) is 7.85. The monoisotopic (exact) mass is 297 g/mol. The molecule has 4 atom stereocenters. The lowest BCUT2D eigenvalue weighted by atomic mass is 9.92. The van der Waals surface area contributed by atoms with E-state index in [4.69, 9.17) is 0 Å². The lowest BCUT2D eigenvalue weighted by Crippen LogP contribution is -2.41. The Hall–Kier alpha value is -1.68. The molecule has 1 fully saturated rings. The quantitative estimate of drug-likeness (QED) is 0.812. The molecule has 116 valence electrons. The Labute approximate surface area is 131 Å². The fraction of sp³-hybridized carbons (Fsp3) is 0.368. The van der Waals surface area contributed by atoms with Gasteiger partial charge >= 0.3 is 0 Å². The van der Waals surface area contributed by atoms with Crippen LogP contribution in [-0.2, 0) is 6.54 Å². The summed E-state index contributed by atoms with van der Waals surface area (Å²) in [5.41, 5.74) is 3.57. The second-order valence-corrected chi connectivity index (χ2v) is 6.20. The van der Waals surface area contributed by atoms with E-state index in [9.17, 15) is 10.2 Å². The van der Waals surface area contributed by atoms with Gasteiger partial charge in [0.2, 0.25) is 0 Å². The standard InChI is InChI=1S/C19H23NO2/c1-13-7-9-15(10-8-13)16-11-17(21)19(22)18(16)20-12-14-5-3-2-4-6-14/h2-10,16-22H,11-12H2,1H3/t16-,17-,18-,19-/m1/s1. The molecular weight excluding hydrogens is 274 g/mol. The number of aryl methyl sites for hydroxylation is 1. The zero-order chi connectivity index (χ0) is 15.5. The van der Waals surface area contributed by atoms with Crippen LogP contribution < -0.4 is 5.32 Å². The molecule has 0 aromatic heterocycles. The molecule has 2 aromatic carbocycles. The number of hydrogen-bond donors (Lipinski definition) is 3. The molecular formula is C19H23NO2. The molecule has 3 heteroatoms. The Morgan fingerprint density at radius 3 is 2.36 bits per heavy atom. The number of nitrogens with one attached hydrogen (secondary N) is 1. The topological polar surface area (TPSA) is 52.5 Å². The van der Waals surface area contributed by atoms with Crippen molar-refractivity contribution in [1.82, 2.24) is 5.32 Å². The van der Waals surface area contributed by atoms with E-state index >= 15 is 0 Å². The van der Waals surface area contributed by atoms with Crippen LogP contribution in [0.5, 0.6) is 0 Å². The predicted molar refractivity (Wildman–Crippen MR) is 87.6 cm³/mol. The van der Waals surface area contributed by atoms with Crippen LogP contribution in [0.1, 0.15) is 29.0 Å². The van der Waals surface area contributed by atoms with Crippen LogP contribution in [0.15, 0.2) is 54.6 Å². The van der Waals surface area contributed by atoms with Crippen molar-refractivity contribution in [1.29, 1.82) is 0 Å². The van der Waals surface area contributed by atoms with Gasteiger partial charge in [-0.05, 0) is 24.5 Å². The summed E-state index contributed by atoms with van der Waals surface area (Å²) in [6, 6.07) is 18.4. The molecule has 1 aliphatic rings. The minimum Gasteiger partial charge on any atom is -0.390 e. The van der Waals surface area contributed by atoms with Crippen LogP contribution in [0.2, 0.25) is 0 Å². The summed E-state index contributed by atoms with van der Waals surface area (Å²) in [5, 5.41) is 23.8. The molecule has 0 heterocycles. The third-order valence-electron chi connectivity index (χ3n) is 4.58. The Kier molecular flexibility index (Phi) is 4.57. The molecule has 2 aromatic rings. The lowest BCUT2D eigenvalue weighted by molar-refractivity contribution is 0.0297. The van der Waals surface area contributed by atoms with E-state index in [1.807, 2.05) is 18.2 Å². The molecule has 0 bridgehead atoms. The number of rotatable bonds is 4. The third-order valence-corrected chi connectivity index (χ3v) is 4.58. The van der Waals surface area contributed by atoms with Crippen molar-refractivity contribution in [2.45, 2.75) is 44.1 Å². The summed E-state index contributed by atoms with van der Waals surface area (Å²) in [6.45, 7) is 2.75. The Bertz CT molecular complexity index is 597. The van der Waals surface area contributed by atoms with Crippen LogP contribution in [0.25, 0.3) is 0 Å². The molecule has 0 unspecified atom stereocenters. The Morgan fingerprint density at radius 1 is 1.00 bits per heavy atom. The summed E-state index contributed by atoms with van der Waals surface area (Å²) in [6.07, 6.45) is -0.800. The van der Waals surface area contributed by atoms with Gasteiger partial charge in [-0.3, -0.25) is 0 Å². The lowest BCUT2D eigenvalue weighted by Gasteiger charge is -2.24. The van der Waals surface area contributed by atoms with Crippen molar-refractivity contribution >= 4 is 0 Å². The molecule has 0 spiro atoms. The smallest absolute Gasteiger partial charge is 0.0957 e. The van der Waals surface area contributed by atoms with Crippen LogP contribution in [0, 0.1) is 6.92 Å². The van der Waals surface area contributed by atoms with Crippen LogP contribution in [-0.4, -0.2) is 28.5 Å². The van der Waals surface area contributed by atoms with Crippen molar-refractivity contribution in [3.05, 3.63) is 71.3 Å². The average molecular weight is 297 g/mol. The van der Waals surface area contributed by atoms with E-state index in [1.165, 1.54) is 16.7 Å². The molecule has 1 aliphatic carbocycles. The fourth-order valence-corrected chi connectivity index (χ4v) is 3.28. The largest absolute Gasteiger partial charge is 0.390 e. The van der Waals surface area contributed by atoms with E-state index < -0.39 is 12.2 Å². The highest BCUT2D eigenvalue weighted by Gasteiger charge is 2.41. The number of aliphatic hydroxyl groups is 2. The maximum absolute atomic E-state index is 10.3. The van der Waals surface area contributed by atoms with Gasteiger partial charge in [-0.15, -0.1) is 0 Å². The molecule has 0 saturated heterocycles. The highest BCUT2D eigenvalue weighted by molar-refractivity contribution is 5.28. The van der Waals surface area contributed by atoms with Gasteiger partial charge in [0.1, 0.15) is 0 Å². The van der Waals surface area contributed by atoms with Crippen LogP contribution >= 0.6 is 0 Å². The van der Waals surface area contributed by atoms with E-state index in [0.29, 0.717) is 13.0 Å². The SMILES string of the molecule is Cc1ccc([C@H]2C[C@@H](O)[C@@H](O)[C@@H]2NCc2ccccc2)cc1. The van der Waals surface area contributed by atoms with Crippen molar-refractivity contribution in [3.8, 4) is 0 Å². The van der Waals surface area contributed by atoms with Gasteiger partial charge in [0, 0.05) is 18.5 Å². The van der Waals surface area contributed by atoms with Crippen molar-refractivity contribution in [2.24, 2.45) is 0 Å². The molecule has 3 rings (SSSR count). The summed E-state index contributed by atoms with van der Waals surface area (Å²) >= 11 is 0. The van der Waals surface area contributed by atoms with Crippen molar-refractivity contribution < 1.29 is 10.2 Å². The maximum Gasteiger partial charge on any atom is 0.0957 e. The normalized spacial score (nSPS) is 28.0. The Morgan fingerprint density at radius 2 is 1.68 bits per heavy atom. The van der Waals surface area contributed by atoms with Gasteiger partial charge < -0.3 is 15.5 Å². The first-order chi connectivity index (χ1) is 10.6. The summed E-state index contributed by atoms with van der Waals surface area (Å²) < 4.78 is 0. The summed E-state index contributed by atoms with van der Waals surface area (Å²) in [5.74, 6) is 0.134. The summed E-state index contributed by atoms with van der Waals surface area (Å²) in [4.78, 5) is 0. The second kappa shape index (κ2) is 6.61. The molecule has 1 saturated carbocycles. The van der Waals surface area contributed by atoms with Gasteiger partial charge in [-0.25, -0.2) is 0 Å². The first-order valence-corrected chi connectivity index (χ1v) is 7.85.